The average molecular weight is 334 g/mol. The molecule has 1 aromatic heterocycles. The standard InChI is InChI=1S/C16H22N4O2S/c1-9(2)13(19-16(17)22)15(21)20(4)10(3)14-18-11-7-5-6-8-12(11)23-14/h5-10,13H,1-4H3,(H3,17,19,22)/t10-,13-/m0/s1. The second-order valence-corrected chi connectivity index (χ2v) is 6.94. The Bertz CT molecular complexity index is 680. The maximum absolute atomic E-state index is 12.7. The Morgan fingerprint density at radius 1 is 1.26 bits per heavy atom. The molecular weight excluding hydrogens is 312 g/mol. The molecule has 0 saturated heterocycles. The van der Waals surface area contributed by atoms with E-state index in [0.717, 1.165) is 15.2 Å². The number of hydrogen-bond acceptors (Lipinski definition) is 4. The van der Waals surface area contributed by atoms with Gasteiger partial charge in [-0.05, 0) is 25.0 Å². The van der Waals surface area contributed by atoms with Crippen molar-refractivity contribution in [3.63, 3.8) is 0 Å². The number of fused-ring (bicyclic) bond motifs is 1. The summed E-state index contributed by atoms with van der Waals surface area (Å²) < 4.78 is 1.09. The molecule has 0 bridgehead atoms. The van der Waals surface area contributed by atoms with Gasteiger partial charge in [-0.1, -0.05) is 26.0 Å². The van der Waals surface area contributed by atoms with Crippen LogP contribution in [0.2, 0.25) is 0 Å². The minimum Gasteiger partial charge on any atom is -0.352 e. The number of nitrogens with one attached hydrogen (secondary N) is 1. The molecule has 2 rings (SSSR count). The van der Waals surface area contributed by atoms with Gasteiger partial charge in [-0.25, -0.2) is 9.78 Å². The Labute approximate surface area is 139 Å². The molecule has 1 aromatic carbocycles. The molecule has 7 heteroatoms. The number of para-hydroxylation sites is 1. The van der Waals surface area contributed by atoms with E-state index < -0.39 is 12.1 Å². The van der Waals surface area contributed by atoms with Crippen LogP contribution in [0.4, 0.5) is 4.79 Å². The average Bonchev–Trinajstić information content (AvgIpc) is 2.94. The number of rotatable bonds is 5. The number of nitrogens with zero attached hydrogens (tertiary/aromatic N) is 2. The third kappa shape index (κ3) is 3.79. The van der Waals surface area contributed by atoms with Crippen LogP contribution in [-0.4, -0.2) is 34.9 Å². The van der Waals surface area contributed by atoms with Gasteiger partial charge in [0.05, 0.1) is 16.3 Å². The molecule has 6 nitrogen and oxygen atoms in total. The largest absolute Gasteiger partial charge is 0.352 e. The predicted molar refractivity (Wildman–Crippen MR) is 92.2 cm³/mol. The number of nitrogens with two attached hydrogens (primary N) is 1. The number of carbonyl (C=O) groups is 2. The molecule has 1 heterocycles. The number of thiazole rings is 1. The van der Waals surface area contributed by atoms with Crippen molar-refractivity contribution in [2.45, 2.75) is 32.9 Å². The minimum atomic E-state index is -0.696. The predicted octanol–water partition coefficient (Wildman–Crippen LogP) is 2.51. The van der Waals surface area contributed by atoms with Gasteiger partial charge in [0.1, 0.15) is 11.0 Å². The smallest absolute Gasteiger partial charge is 0.312 e. The SMILES string of the molecule is CC(C)[C@H](NC(N)=O)C(=O)N(C)[C@@H](C)c1nc2ccccc2s1. The molecule has 0 spiro atoms. The molecular formula is C16H22N4O2S. The van der Waals surface area contributed by atoms with Gasteiger partial charge in [-0.2, -0.15) is 0 Å². The second-order valence-electron chi connectivity index (χ2n) is 5.88. The molecule has 0 radical (unpaired) electrons. The quantitative estimate of drug-likeness (QED) is 0.880. The first-order valence-electron chi connectivity index (χ1n) is 7.49. The van der Waals surface area contributed by atoms with Crippen molar-refractivity contribution in [1.82, 2.24) is 15.2 Å². The molecule has 0 aliphatic rings. The van der Waals surface area contributed by atoms with Gasteiger partial charge >= 0.3 is 6.03 Å². The summed E-state index contributed by atoms with van der Waals surface area (Å²) in [7, 11) is 1.72. The number of carbonyl (C=O) groups excluding carboxylic acids is 2. The first kappa shape index (κ1) is 17.2. The van der Waals surface area contributed by atoms with Crippen LogP contribution in [0.5, 0.6) is 0 Å². The summed E-state index contributed by atoms with van der Waals surface area (Å²) >= 11 is 1.57. The molecule has 0 fully saturated rings. The molecule has 2 aromatic rings. The monoisotopic (exact) mass is 334 g/mol. The number of hydrogen-bond donors (Lipinski definition) is 2. The molecule has 0 saturated carbocycles. The van der Waals surface area contributed by atoms with Crippen molar-refractivity contribution in [1.29, 1.82) is 0 Å². The van der Waals surface area contributed by atoms with E-state index in [0.29, 0.717) is 0 Å². The summed E-state index contributed by atoms with van der Waals surface area (Å²) in [6.07, 6.45) is 0. The summed E-state index contributed by atoms with van der Waals surface area (Å²) in [5.41, 5.74) is 6.10. The van der Waals surface area contributed by atoms with Crippen molar-refractivity contribution in [3.05, 3.63) is 29.3 Å². The summed E-state index contributed by atoms with van der Waals surface area (Å²) in [6.45, 7) is 5.67. The number of urea groups is 1. The first-order valence-corrected chi connectivity index (χ1v) is 8.31. The molecule has 23 heavy (non-hydrogen) atoms. The zero-order valence-corrected chi connectivity index (χ0v) is 14.6. The lowest BCUT2D eigenvalue weighted by atomic mass is 10.0. The zero-order chi connectivity index (χ0) is 17.1. The third-order valence-corrected chi connectivity index (χ3v) is 5.03. The van der Waals surface area contributed by atoms with Crippen LogP contribution in [-0.2, 0) is 4.79 Å². The topological polar surface area (TPSA) is 88.3 Å². The van der Waals surface area contributed by atoms with Crippen LogP contribution in [0.3, 0.4) is 0 Å². The summed E-state index contributed by atoms with van der Waals surface area (Å²) in [6, 6.07) is 6.35. The highest BCUT2D eigenvalue weighted by Gasteiger charge is 2.30. The summed E-state index contributed by atoms with van der Waals surface area (Å²) in [5, 5.41) is 3.39. The fourth-order valence-corrected chi connectivity index (χ4v) is 3.37. The summed E-state index contributed by atoms with van der Waals surface area (Å²) in [4.78, 5) is 30.0. The maximum Gasteiger partial charge on any atom is 0.312 e. The van der Waals surface area contributed by atoms with E-state index in [1.807, 2.05) is 45.0 Å². The van der Waals surface area contributed by atoms with Gasteiger partial charge in [0.15, 0.2) is 0 Å². The Morgan fingerprint density at radius 3 is 2.48 bits per heavy atom. The van der Waals surface area contributed by atoms with Gasteiger partial charge in [0.2, 0.25) is 5.91 Å². The lowest BCUT2D eigenvalue weighted by molar-refractivity contribution is -0.134. The first-order chi connectivity index (χ1) is 10.8. The van der Waals surface area contributed by atoms with Gasteiger partial charge in [0.25, 0.3) is 0 Å². The number of likely N-dealkylation sites (N-methyl/N-ethyl adjacent to an activating group) is 1. The van der Waals surface area contributed by atoms with E-state index in [4.69, 9.17) is 5.73 Å². The highest BCUT2D eigenvalue weighted by Crippen LogP contribution is 2.29. The van der Waals surface area contributed by atoms with E-state index in [2.05, 4.69) is 10.3 Å². The molecule has 3 amide bonds. The van der Waals surface area contributed by atoms with Crippen molar-refractivity contribution >= 4 is 33.5 Å². The highest BCUT2D eigenvalue weighted by atomic mass is 32.1. The van der Waals surface area contributed by atoms with Crippen LogP contribution in [0.15, 0.2) is 24.3 Å². The van der Waals surface area contributed by atoms with Crippen molar-refractivity contribution in [2.75, 3.05) is 7.05 Å². The van der Waals surface area contributed by atoms with Crippen molar-refractivity contribution in [2.24, 2.45) is 11.7 Å². The molecule has 0 aliphatic carbocycles. The van der Waals surface area contributed by atoms with E-state index >= 15 is 0 Å². The second kappa shape index (κ2) is 6.95. The number of primary amides is 1. The lowest BCUT2D eigenvalue weighted by Crippen LogP contribution is -2.52. The Hall–Kier alpha value is -2.15. The zero-order valence-electron chi connectivity index (χ0n) is 13.7. The van der Waals surface area contributed by atoms with Gasteiger partial charge in [-0.3, -0.25) is 4.79 Å². The van der Waals surface area contributed by atoms with Crippen LogP contribution < -0.4 is 11.1 Å². The highest BCUT2D eigenvalue weighted by molar-refractivity contribution is 7.18. The maximum atomic E-state index is 12.7. The van der Waals surface area contributed by atoms with E-state index in [-0.39, 0.29) is 17.9 Å². The van der Waals surface area contributed by atoms with E-state index in [1.165, 1.54) is 0 Å². The third-order valence-electron chi connectivity index (χ3n) is 3.83. The van der Waals surface area contributed by atoms with Gasteiger partial charge < -0.3 is 16.0 Å². The van der Waals surface area contributed by atoms with Crippen molar-refractivity contribution < 1.29 is 9.59 Å². The molecule has 2 atom stereocenters. The van der Waals surface area contributed by atoms with Crippen LogP contribution >= 0.6 is 11.3 Å². The number of amides is 3. The van der Waals surface area contributed by atoms with E-state index in [1.54, 1.807) is 23.3 Å². The lowest BCUT2D eigenvalue weighted by Gasteiger charge is -2.29. The van der Waals surface area contributed by atoms with Gasteiger partial charge in [0, 0.05) is 7.05 Å². The molecule has 124 valence electrons. The van der Waals surface area contributed by atoms with Crippen LogP contribution in [0.25, 0.3) is 10.2 Å². The Morgan fingerprint density at radius 2 is 1.91 bits per heavy atom. The van der Waals surface area contributed by atoms with Crippen LogP contribution in [0, 0.1) is 5.92 Å². The fraction of sp³-hybridized carbons (Fsp3) is 0.438. The summed E-state index contributed by atoms with van der Waals surface area (Å²) in [5.74, 6) is -0.231. The fourth-order valence-electron chi connectivity index (χ4n) is 2.31. The molecule has 0 aliphatic heterocycles. The van der Waals surface area contributed by atoms with Crippen LogP contribution in [0.1, 0.15) is 31.8 Å². The Kier molecular flexibility index (Phi) is 5.20. The van der Waals surface area contributed by atoms with E-state index in [9.17, 15) is 9.59 Å². The number of aromatic nitrogens is 1. The van der Waals surface area contributed by atoms with Gasteiger partial charge in [-0.15, -0.1) is 11.3 Å². The minimum absolute atomic E-state index is 0.0555. The number of benzene rings is 1. The molecule has 3 N–H and O–H groups in total. The van der Waals surface area contributed by atoms with Crippen molar-refractivity contribution in [3.8, 4) is 0 Å². The normalized spacial score (nSPS) is 13.8. The molecule has 0 unspecified atom stereocenters. The Balaban J connectivity index is 2.21.